The Kier molecular flexibility index (Phi) is 4.98. The summed E-state index contributed by atoms with van der Waals surface area (Å²) >= 11 is 0. The number of primary amides is 1. The van der Waals surface area contributed by atoms with Gasteiger partial charge >= 0.3 is 0 Å². The van der Waals surface area contributed by atoms with Gasteiger partial charge in [0.1, 0.15) is 12.4 Å². The molecule has 1 aromatic rings. The van der Waals surface area contributed by atoms with E-state index >= 15 is 0 Å². The van der Waals surface area contributed by atoms with Crippen molar-refractivity contribution in [2.45, 2.75) is 32.5 Å². The molecule has 1 aliphatic rings. The fourth-order valence-corrected chi connectivity index (χ4v) is 2.42. The standard InChI is InChI=1S/C15H23N3O2/c1-11(2)17-13(15(16)19)10-18-7-8-20-14-6-4-3-5-12(14)9-18/h3-6,11,13,17H,7-10H2,1-2H3,(H2,16,19). The third kappa shape index (κ3) is 3.95. The highest BCUT2D eigenvalue weighted by Gasteiger charge is 2.22. The number of ether oxygens (including phenoxy) is 1. The number of nitrogens with two attached hydrogens (primary N) is 1. The van der Waals surface area contributed by atoms with Crippen molar-refractivity contribution in [1.29, 1.82) is 0 Å². The summed E-state index contributed by atoms with van der Waals surface area (Å²) in [4.78, 5) is 13.7. The first-order valence-electron chi connectivity index (χ1n) is 7.04. The zero-order valence-electron chi connectivity index (χ0n) is 12.1. The van der Waals surface area contributed by atoms with Crippen LogP contribution in [0, 0.1) is 0 Å². The molecule has 110 valence electrons. The van der Waals surface area contributed by atoms with Crippen LogP contribution in [0.4, 0.5) is 0 Å². The number of carbonyl (C=O) groups is 1. The molecule has 1 amide bonds. The number of carbonyl (C=O) groups excluding carboxylic acids is 1. The van der Waals surface area contributed by atoms with Gasteiger partial charge in [-0.2, -0.15) is 0 Å². The maximum absolute atomic E-state index is 11.5. The topological polar surface area (TPSA) is 67.6 Å². The second-order valence-electron chi connectivity index (χ2n) is 5.47. The molecular formula is C15H23N3O2. The van der Waals surface area contributed by atoms with Crippen molar-refractivity contribution in [3.05, 3.63) is 29.8 Å². The van der Waals surface area contributed by atoms with Crippen molar-refractivity contribution in [2.75, 3.05) is 19.7 Å². The van der Waals surface area contributed by atoms with E-state index in [9.17, 15) is 4.79 Å². The highest BCUT2D eigenvalue weighted by molar-refractivity contribution is 5.80. The number of nitrogens with zero attached hydrogens (tertiary/aromatic N) is 1. The van der Waals surface area contributed by atoms with E-state index in [-0.39, 0.29) is 18.0 Å². The maximum Gasteiger partial charge on any atom is 0.235 e. The van der Waals surface area contributed by atoms with Gasteiger partial charge in [0.15, 0.2) is 0 Å². The van der Waals surface area contributed by atoms with E-state index in [1.807, 2.05) is 32.0 Å². The van der Waals surface area contributed by atoms with Crippen LogP contribution in [-0.2, 0) is 11.3 Å². The molecule has 0 radical (unpaired) electrons. The Labute approximate surface area is 120 Å². The molecule has 1 unspecified atom stereocenters. The van der Waals surface area contributed by atoms with Crippen molar-refractivity contribution in [3.63, 3.8) is 0 Å². The molecule has 3 N–H and O–H groups in total. The second-order valence-corrected chi connectivity index (χ2v) is 5.47. The van der Waals surface area contributed by atoms with Crippen LogP contribution >= 0.6 is 0 Å². The first-order chi connectivity index (χ1) is 9.56. The lowest BCUT2D eigenvalue weighted by molar-refractivity contribution is -0.120. The van der Waals surface area contributed by atoms with E-state index in [0.29, 0.717) is 13.2 Å². The molecule has 5 heteroatoms. The Balaban J connectivity index is 2.04. The Hall–Kier alpha value is -1.59. The van der Waals surface area contributed by atoms with Gasteiger partial charge in [0, 0.05) is 31.2 Å². The van der Waals surface area contributed by atoms with Crippen LogP contribution in [0.2, 0.25) is 0 Å². The van der Waals surface area contributed by atoms with Crippen LogP contribution < -0.4 is 15.8 Å². The normalized spacial score (nSPS) is 17.1. The van der Waals surface area contributed by atoms with E-state index in [0.717, 1.165) is 24.4 Å². The van der Waals surface area contributed by atoms with Crippen molar-refractivity contribution in [3.8, 4) is 5.75 Å². The SMILES string of the molecule is CC(C)NC(CN1CCOc2ccccc2C1)C(N)=O. The molecule has 2 rings (SSSR count). The van der Waals surface area contributed by atoms with Gasteiger partial charge < -0.3 is 15.8 Å². The largest absolute Gasteiger partial charge is 0.492 e. The summed E-state index contributed by atoms with van der Waals surface area (Å²) in [5.74, 6) is 0.625. The summed E-state index contributed by atoms with van der Waals surface area (Å²) in [5, 5.41) is 3.21. The molecule has 0 saturated carbocycles. The zero-order valence-corrected chi connectivity index (χ0v) is 12.1. The van der Waals surface area contributed by atoms with Crippen LogP contribution in [0.5, 0.6) is 5.75 Å². The molecule has 5 nitrogen and oxygen atoms in total. The predicted octanol–water partition coefficient (Wildman–Crippen LogP) is 0.733. The Morgan fingerprint density at radius 3 is 2.90 bits per heavy atom. The van der Waals surface area contributed by atoms with Crippen molar-refractivity contribution >= 4 is 5.91 Å². The van der Waals surface area contributed by atoms with Gasteiger partial charge in [-0.05, 0) is 6.07 Å². The van der Waals surface area contributed by atoms with Gasteiger partial charge in [-0.15, -0.1) is 0 Å². The summed E-state index contributed by atoms with van der Waals surface area (Å²) < 4.78 is 5.72. The zero-order chi connectivity index (χ0) is 14.5. The molecule has 0 spiro atoms. The third-order valence-electron chi connectivity index (χ3n) is 3.35. The van der Waals surface area contributed by atoms with Gasteiger partial charge in [0.25, 0.3) is 0 Å². The molecule has 0 aromatic heterocycles. The highest BCUT2D eigenvalue weighted by Crippen LogP contribution is 2.22. The molecular weight excluding hydrogens is 254 g/mol. The Bertz CT molecular complexity index is 462. The number of hydrogen-bond donors (Lipinski definition) is 2. The Morgan fingerprint density at radius 1 is 1.45 bits per heavy atom. The predicted molar refractivity (Wildman–Crippen MR) is 78.5 cm³/mol. The van der Waals surface area contributed by atoms with Crippen molar-refractivity contribution < 1.29 is 9.53 Å². The number of hydrogen-bond acceptors (Lipinski definition) is 4. The van der Waals surface area contributed by atoms with Gasteiger partial charge in [-0.1, -0.05) is 32.0 Å². The van der Waals surface area contributed by atoms with Crippen LogP contribution in [0.1, 0.15) is 19.4 Å². The number of para-hydroxylation sites is 1. The van der Waals surface area contributed by atoms with Gasteiger partial charge in [0.05, 0.1) is 6.04 Å². The van der Waals surface area contributed by atoms with Gasteiger partial charge in [0.2, 0.25) is 5.91 Å². The van der Waals surface area contributed by atoms with Crippen LogP contribution in [0.3, 0.4) is 0 Å². The van der Waals surface area contributed by atoms with E-state index in [2.05, 4.69) is 16.3 Å². The van der Waals surface area contributed by atoms with Crippen LogP contribution in [-0.4, -0.2) is 42.6 Å². The fourth-order valence-electron chi connectivity index (χ4n) is 2.42. The summed E-state index contributed by atoms with van der Waals surface area (Å²) in [5.41, 5.74) is 6.63. The quantitative estimate of drug-likeness (QED) is 0.833. The first kappa shape index (κ1) is 14.8. The van der Waals surface area contributed by atoms with Crippen LogP contribution in [0.25, 0.3) is 0 Å². The summed E-state index contributed by atoms with van der Waals surface area (Å²) in [7, 11) is 0. The fraction of sp³-hybridized carbons (Fsp3) is 0.533. The minimum Gasteiger partial charge on any atom is -0.492 e. The third-order valence-corrected chi connectivity index (χ3v) is 3.35. The monoisotopic (exact) mass is 277 g/mol. The number of rotatable bonds is 5. The number of nitrogens with one attached hydrogen (secondary N) is 1. The van der Waals surface area contributed by atoms with E-state index in [1.165, 1.54) is 0 Å². The molecule has 0 saturated heterocycles. The molecule has 0 fully saturated rings. The van der Waals surface area contributed by atoms with Gasteiger partial charge in [-0.3, -0.25) is 9.69 Å². The molecule has 0 bridgehead atoms. The average molecular weight is 277 g/mol. The van der Waals surface area contributed by atoms with E-state index in [4.69, 9.17) is 10.5 Å². The van der Waals surface area contributed by atoms with Crippen LogP contribution in [0.15, 0.2) is 24.3 Å². The highest BCUT2D eigenvalue weighted by atomic mass is 16.5. The van der Waals surface area contributed by atoms with E-state index < -0.39 is 0 Å². The number of fused-ring (bicyclic) bond motifs is 1. The van der Waals surface area contributed by atoms with Crippen molar-refractivity contribution in [1.82, 2.24) is 10.2 Å². The minimum absolute atomic E-state index is 0.225. The van der Waals surface area contributed by atoms with E-state index in [1.54, 1.807) is 0 Å². The van der Waals surface area contributed by atoms with Crippen molar-refractivity contribution in [2.24, 2.45) is 5.73 Å². The smallest absolute Gasteiger partial charge is 0.235 e. The molecule has 0 aliphatic carbocycles. The Morgan fingerprint density at radius 2 is 2.20 bits per heavy atom. The molecule has 1 atom stereocenters. The van der Waals surface area contributed by atoms with Gasteiger partial charge in [-0.25, -0.2) is 0 Å². The molecule has 20 heavy (non-hydrogen) atoms. The lowest BCUT2D eigenvalue weighted by Gasteiger charge is -2.26. The summed E-state index contributed by atoms with van der Waals surface area (Å²) in [6.07, 6.45) is 0. The number of amides is 1. The molecule has 1 aromatic carbocycles. The maximum atomic E-state index is 11.5. The lowest BCUT2D eigenvalue weighted by Crippen LogP contribution is -2.51. The minimum atomic E-state index is -0.333. The molecule has 1 heterocycles. The average Bonchev–Trinajstić information content (AvgIpc) is 2.58. The first-order valence-corrected chi connectivity index (χ1v) is 7.04. The summed E-state index contributed by atoms with van der Waals surface area (Å²) in [6, 6.07) is 7.91. The molecule has 1 aliphatic heterocycles. The number of benzene rings is 1. The summed E-state index contributed by atoms with van der Waals surface area (Å²) in [6.45, 7) is 6.82. The second kappa shape index (κ2) is 6.72. The lowest BCUT2D eigenvalue weighted by atomic mass is 10.1.